The molecule has 0 bridgehead atoms. The van der Waals surface area contributed by atoms with Gasteiger partial charge in [0.2, 0.25) is 0 Å². The van der Waals surface area contributed by atoms with E-state index >= 15 is 0 Å². The van der Waals surface area contributed by atoms with Crippen molar-refractivity contribution in [1.82, 2.24) is 5.32 Å². The molecule has 1 aliphatic rings. The van der Waals surface area contributed by atoms with E-state index in [9.17, 15) is 9.50 Å². The van der Waals surface area contributed by atoms with Gasteiger partial charge in [0, 0.05) is 19.6 Å². The molecule has 1 heterocycles. The van der Waals surface area contributed by atoms with Gasteiger partial charge >= 0.3 is 0 Å². The van der Waals surface area contributed by atoms with Gasteiger partial charge in [0.05, 0.1) is 11.3 Å². The molecule has 0 radical (unpaired) electrons. The first-order valence-corrected chi connectivity index (χ1v) is 6.43. The largest absolute Gasteiger partial charge is 0.388 e. The van der Waals surface area contributed by atoms with Gasteiger partial charge in [-0.1, -0.05) is 12.1 Å². The lowest BCUT2D eigenvalue weighted by atomic mass is 9.94. The molecule has 0 spiro atoms. The topological polar surface area (TPSA) is 35.5 Å². The smallest absolute Gasteiger partial charge is 0.146 e. The molecule has 2 N–H and O–H groups in total. The van der Waals surface area contributed by atoms with E-state index in [1.54, 1.807) is 6.07 Å². The van der Waals surface area contributed by atoms with Crippen LogP contribution in [0.5, 0.6) is 0 Å². The minimum atomic E-state index is -0.725. The Morgan fingerprint density at radius 2 is 2.28 bits per heavy atom. The summed E-state index contributed by atoms with van der Waals surface area (Å²) >= 11 is 0. The minimum absolute atomic E-state index is 0.208. The van der Waals surface area contributed by atoms with Gasteiger partial charge in [-0.15, -0.1) is 0 Å². The van der Waals surface area contributed by atoms with Crippen LogP contribution in [0.2, 0.25) is 0 Å². The number of β-amino-alcohol motifs (C(OH)–C–C–N with tert-alkyl or cyclic N) is 1. The number of aliphatic hydroxyl groups is 1. The molecule has 18 heavy (non-hydrogen) atoms. The first-order chi connectivity index (χ1) is 8.53. The molecule has 1 atom stereocenters. The maximum atomic E-state index is 14.1. The van der Waals surface area contributed by atoms with Crippen molar-refractivity contribution in [3.05, 3.63) is 29.6 Å². The summed E-state index contributed by atoms with van der Waals surface area (Å²) in [5, 5.41) is 13.2. The third-order valence-electron chi connectivity index (χ3n) is 3.43. The van der Waals surface area contributed by atoms with Crippen LogP contribution in [0.15, 0.2) is 18.2 Å². The second-order valence-electron chi connectivity index (χ2n) is 5.30. The monoisotopic (exact) mass is 252 g/mol. The normalized spacial score (nSPS) is 24.3. The maximum Gasteiger partial charge on any atom is 0.146 e. The molecule has 100 valence electrons. The van der Waals surface area contributed by atoms with Crippen molar-refractivity contribution in [1.29, 1.82) is 0 Å². The Morgan fingerprint density at radius 3 is 2.94 bits per heavy atom. The number of hydrogen-bond acceptors (Lipinski definition) is 3. The zero-order valence-electron chi connectivity index (χ0n) is 11.0. The van der Waals surface area contributed by atoms with E-state index in [2.05, 4.69) is 5.32 Å². The predicted octanol–water partition coefficient (Wildman–Crippen LogP) is 1.90. The van der Waals surface area contributed by atoms with Crippen molar-refractivity contribution in [2.75, 3.05) is 25.0 Å². The highest BCUT2D eigenvalue weighted by molar-refractivity contribution is 5.55. The van der Waals surface area contributed by atoms with Gasteiger partial charge < -0.3 is 15.3 Å². The van der Waals surface area contributed by atoms with Gasteiger partial charge in [-0.3, -0.25) is 0 Å². The fourth-order valence-corrected chi connectivity index (χ4v) is 2.66. The number of nitrogens with one attached hydrogen (secondary N) is 1. The van der Waals surface area contributed by atoms with Crippen molar-refractivity contribution in [2.45, 2.75) is 31.9 Å². The van der Waals surface area contributed by atoms with Crippen LogP contribution in [0.25, 0.3) is 0 Å². The van der Waals surface area contributed by atoms with Crippen molar-refractivity contribution >= 4 is 5.69 Å². The van der Waals surface area contributed by atoms with Crippen molar-refractivity contribution < 1.29 is 9.50 Å². The Morgan fingerprint density at radius 1 is 1.50 bits per heavy atom. The van der Waals surface area contributed by atoms with E-state index in [0.717, 1.165) is 24.9 Å². The molecule has 1 fully saturated rings. The first kappa shape index (κ1) is 13.3. The second-order valence-corrected chi connectivity index (χ2v) is 5.30. The lowest BCUT2D eigenvalue weighted by molar-refractivity contribution is 0.0447. The minimum Gasteiger partial charge on any atom is -0.388 e. The highest BCUT2D eigenvalue weighted by atomic mass is 19.1. The highest BCUT2D eigenvalue weighted by Crippen LogP contribution is 2.30. The molecule has 1 unspecified atom stereocenters. The SMILES string of the molecule is CNCc1cccc(F)c1N1CCCC(C)(O)C1. The van der Waals surface area contributed by atoms with E-state index < -0.39 is 5.60 Å². The zero-order chi connectivity index (χ0) is 13.2. The maximum absolute atomic E-state index is 14.1. The molecule has 0 aliphatic carbocycles. The molecule has 1 saturated heterocycles. The van der Waals surface area contributed by atoms with Gasteiger partial charge in [-0.25, -0.2) is 4.39 Å². The van der Waals surface area contributed by atoms with Crippen LogP contribution in [-0.4, -0.2) is 30.8 Å². The molecule has 2 rings (SSSR count). The number of rotatable bonds is 3. The highest BCUT2D eigenvalue weighted by Gasteiger charge is 2.30. The van der Waals surface area contributed by atoms with E-state index in [4.69, 9.17) is 0 Å². The molecule has 4 heteroatoms. The van der Waals surface area contributed by atoms with Gasteiger partial charge in [-0.2, -0.15) is 0 Å². The average molecular weight is 252 g/mol. The summed E-state index contributed by atoms with van der Waals surface area (Å²) in [6.07, 6.45) is 1.67. The lowest BCUT2D eigenvalue weighted by Gasteiger charge is -2.39. The molecule has 0 amide bonds. The van der Waals surface area contributed by atoms with Crippen LogP contribution in [-0.2, 0) is 6.54 Å². The molecule has 1 aromatic carbocycles. The number of benzene rings is 1. The quantitative estimate of drug-likeness (QED) is 0.862. The molecule has 1 aliphatic heterocycles. The van der Waals surface area contributed by atoms with E-state index in [0.29, 0.717) is 18.8 Å². The third-order valence-corrected chi connectivity index (χ3v) is 3.43. The molecular weight excluding hydrogens is 231 g/mol. The summed E-state index contributed by atoms with van der Waals surface area (Å²) in [7, 11) is 1.85. The number of para-hydroxylation sites is 1. The van der Waals surface area contributed by atoms with Crippen LogP contribution in [0.3, 0.4) is 0 Å². The summed E-state index contributed by atoms with van der Waals surface area (Å²) in [5.74, 6) is -0.208. The summed E-state index contributed by atoms with van der Waals surface area (Å²) in [5.41, 5.74) is 0.847. The Labute approximate surface area is 108 Å². The Bertz CT molecular complexity index is 420. The van der Waals surface area contributed by atoms with Crippen LogP contribution in [0, 0.1) is 5.82 Å². The fourth-order valence-electron chi connectivity index (χ4n) is 2.66. The first-order valence-electron chi connectivity index (χ1n) is 6.43. The zero-order valence-corrected chi connectivity index (χ0v) is 11.0. The molecular formula is C14H21FN2O. The average Bonchev–Trinajstić information content (AvgIpc) is 2.28. The number of piperidine rings is 1. The third kappa shape index (κ3) is 2.82. The van der Waals surface area contributed by atoms with Crippen molar-refractivity contribution in [3.8, 4) is 0 Å². The van der Waals surface area contributed by atoms with Crippen LogP contribution in [0.1, 0.15) is 25.3 Å². The summed E-state index contributed by atoms with van der Waals surface area (Å²) in [6.45, 7) is 3.74. The van der Waals surface area contributed by atoms with Gasteiger partial charge in [0.1, 0.15) is 5.82 Å². The molecule has 0 saturated carbocycles. The van der Waals surface area contributed by atoms with Crippen LogP contribution < -0.4 is 10.2 Å². The van der Waals surface area contributed by atoms with E-state index in [1.807, 2.05) is 24.9 Å². The second kappa shape index (κ2) is 5.24. The Balaban J connectivity index is 2.31. The van der Waals surface area contributed by atoms with Gasteiger partial charge in [-0.05, 0) is 38.4 Å². The number of halogens is 1. The van der Waals surface area contributed by atoms with E-state index in [-0.39, 0.29) is 5.82 Å². The number of anilines is 1. The van der Waals surface area contributed by atoms with Crippen LogP contribution >= 0.6 is 0 Å². The summed E-state index contributed by atoms with van der Waals surface area (Å²) in [4.78, 5) is 1.96. The summed E-state index contributed by atoms with van der Waals surface area (Å²) < 4.78 is 14.1. The van der Waals surface area contributed by atoms with Gasteiger partial charge in [0.15, 0.2) is 0 Å². The molecule has 1 aromatic rings. The lowest BCUT2D eigenvalue weighted by Crippen LogP contribution is -2.46. The van der Waals surface area contributed by atoms with Crippen molar-refractivity contribution in [2.24, 2.45) is 0 Å². The summed E-state index contributed by atoms with van der Waals surface area (Å²) in [6, 6.07) is 5.14. The molecule has 3 nitrogen and oxygen atoms in total. The predicted molar refractivity (Wildman–Crippen MR) is 71.2 cm³/mol. The van der Waals surface area contributed by atoms with Gasteiger partial charge in [0.25, 0.3) is 0 Å². The number of hydrogen-bond donors (Lipinski definition) is 2. The molecule has 0 aromatic heterocycles. The Hall–Kier alpha value is -1.13. The fraction of sp³-hybridized carbons (Fsp3) is 0.571. The van der Waals surface area contributed by atoms with E-state index in [1.165, 1.54) is 6.07 Å². The van der Waals surface area contributed by atoms with Crippen molar-refractivity contribution in [3.63, 3.8) is 0 Å². The van der Waals surface area contributed by atoms with Crippen LogP contribution in [0.4, 0.5) is 10.1 Å². The Kier molecular flexibility index (Phi) is 3.88. The number of nitrogens with zero attached hydrogens (tertiary/aromatic N) is 1. The standard InChI is InChI=1S/C14H21FN2O/c1-14(18)7-4-8-17(10-14)13-11(9-16-2)5-3-6-12(13)15/h3,5-6,16,18H,4,7-10H2,1-2H3.